The van der Waals surface area contributed by atoms with Gasteiger partial charge >= 0.3 is 5.97 Å². The van der Waals surface area contributed by atoms with E-state index in [1.165, 1.54) is 0 Å². The van der Waals surface area contributed by atoms with Crippen LogP contribution in [-0.4, -0.2) is 17.6 Å². The molecule has 0 spiro atoms. The van der Waals surface area contributed by atoms with E-state index < -0.39 is 0 Å². The number of H-pyrrole nitrogens is 1. The lowest BCUT2D eigenvalue weighted by Crippen LogP contribution is -2.05. The number of aromatic amines is 1. The Morgan fingerprint density at radius 2 is 2.33 bits per heavy atom. The fourth-order valence-electron chi connectivity index (χ4n) is 1.50. The maximum Gasteiger partial charge on any atom is 0.340 e. The van der Waals surface area contributed by atoms with Crippen molar-refractivity contribution < 1.29 is 9.53 Å². The van der Waals surface area contributed by atoms with Gasteiger partial charge in [0.1, 0.15) is 0 Å². The highest BCUT2D eigenvalue weighted by Gasteiger charge is 2.12. The molecule has 0 aliphatic heterocycles. The van der Waals surface area contributed by atoms with Crippen molar-refractivity contribution in [2.75, 3.05) is 6.61 Å². The molecule has 0 amide bonds. The third-order valence-electron chi connectivity index (χ3n) is 2.16. The molecule has 0 atom stereocenters. The molecule has 0 fully saturated rings. The van der Waals surface area contributed by atoms with Crippen molar-refractivity contribution in [2.45, 2.75) is 6.92 Å². The van der Waals surface area contributed by atoms with Crippen molar-refractivity contribution in [3.05, 3.63) is 34.4 Å². The zero-order valence-electron chi connectivity index (χ0n) is 8.21. The van der Waals surface area contributed by atoms with E-state index in [0.717, 1.165) is 15.4 Å². The highest BCUT2D eigenvalue weighted by atomic mass is 79.9. The fourth-order valence-corrected chi connectivity index (χ4v) is 1.94. The molecule has 2 rings (SSSR count). The SMILES string of the molecule is CCOC(=O)c1cccc2c(Br)c[nH]c12. The number of aromatic nitrogens is 1. The Kier molecular flexibility index (Phi) is 2.77. The molecule has 15 heavy (non-hydrogen) atoms. The van der Waals surface area contributed by atoms with Gasteiger partial charge in [0.25, 0.3) is 0 Å². The number of hydrogen-bond acceptors (Lipinski definition) is 2. The van der Waals surface area contributed by atoms with Gasteiger partial charge in [-0.15, -0.1) is 0 Å². The summed E-state index contributed by atoms with van der Waals surface area (Å²) in [5.41, 5.74) is 1.38. The second-order valence-corrected chi connectivity index (χ2v) is 3.94. The van der Waals surface area contributed by atoms with Crippen molar-refractivity contribution >= 4 is 32.8 Å². The molecule has 0 aliphatic carbocycles. The molecule has 0 saturated heterocycles. The van der Waals surface area contributed by atoms with E-state index in [-0.39, 0.29) is 5.97 Å². The van der Waals surface area contributed by atoms with Gasteiger partial charge in [0, 0.05) is 16.1 Å². The normalized spacial score (nSPS) is 10.5. The first-order chi connectivity index (χ1) is 7.24. The molecule has 0 unspecified atom stereocenters. The summed E-state index contributed by atoms with van der Waals surface area (Å²) in [4.78, 5) is 14.7. The number of carbonyl (C=O) groups excluding carboxylic acids is 1. The summed E-state index contributed by atoms with van der Waals surface area (Å²) in [5.74, 6) is -0.294. The summed E-state index contributed by atoms with van der Waals surface area (Å²) < 4.78 is 5.92. The van der Waals surface area contributed by atoms with Gasteiger partial charge in [0.15, 0.2) is 0 Å². The van der Waals surface area contributed by atoms with Crippen LogP contribution in [0.5, 0.6) is 0 Å². The van der Waals surface area contributed by atoms with Gasteiger partial charge < -0.3 is 9.72 Å². The van der Waals surface area contributed by atoms with E-state index >= 15 is 0 Å². The third-order valence-corrected chi connectivity index (χ3v) is 2.82. The van der Waals surface area contributed by atoms with E-state index in [2.05, 4.69) is 20.9 Å². The predicted molar refractivity (Wildman–Crippen MR) is 62.0 cm³/mol. The van der Waals surface area contributed by atoms with Gasteiger partial charge in [-0.25, -0.2) is 4.79 Å². The van der Waals surface area contributed by atoms with Crippen LogP contribution < -0.4 is 0 Å². The molecule has 1 aromatic heterocycles. The standard InChI is InChI=1S/C11H10BrNO2/c1-2-15-11(14)8-5-3-4-7-9(12)6-13-10(7)8/h3-6,13H,2H2,1H3. The summed E-state index contributed by atoms with van der Waals surface area (Å²) in [7, 11) is 0. The van der Waals surface area contributed by atoms with Gasteiger partial charge in [0.05, 0.1) is 17.7 Å². The number of fused-ring (bicyclic) bond motifs is 1. The number of nitrogens with one attached hydrogen (secondary N) is 1. The minimum absolute atomic E-state index is 0.294. The Morgan fingerprint density at radius 1 is 1.53 bits per heavy atom. The topological polar surface area (TPSA) is 42.1 Å². The van der Waals surface area contributed by atoms with Crippen LogP contribution in [0.1, 0.15) is 17.3 Å². The molecule has 1 heterocycles. The zero-order chi connectivity index (χ0) is 10.8. The molecule has 0 aliphatic rings. The molecule has 2 aromatic rings. The van der Waals surface area contributed by atoms with Crippen LogP contribution in [0.25, 0.3) is 10.9 Å². The lowest BCUT2D eigenvalue weighted by atomic mass is 10.1. The number of esters is 1. The minimum Gasteiger partial charge on any atom is -0.462 e. The molecule has 0 bridgehead atoms. The molecule has 0 saturated carbocycles. The summed E-state index contributed by atoms with van der Waals surface area (Å²) in [6.07, 6.45) is 1.81. The lowest BCUT2D eigenvalue weighted by molar-refractivity contribution is 0.0528. The molecule has 1 aromatic carbocycles. The van der Waals surface area contributed by atoms with Gasteiger partial charge in [-0.1, -0.05) is 12.1 Å². The van der Waals surface area contributed by atoms with Crippen molar-refractivity contribution in [3.8, 4) is 0 Å². The monoisotopic (exact) mass is 267 g/mol. The Bertz CT molecular complexity index is 504. The van der Waals surface area contributed by atoms with Crippen LogP contribution in [0, 0.1) is 0 Å². The highest BCUT2D eigenvalue weighted by Crippen LogP contribution is 2.26. The number of benzene rings is 1. The Balaban J connectivity index is 2.56. The molecule has 0 radical (unpaired) electrons. The molecule has 78 valence electrons. The smallest absolute Gasteiger partial charge is 0.340 e. The summed E-state index contributed by atoms with van der Waals surface area (Å²) in [5, 5.41) is 0.987. The quantitative estimate of drug-likeness (QED) is 0.850. The number of carbonyl (C=O) groups is 1. The fraction of sp³-hybridized carbons (Fsp3) is 0.182. The van der Waals surface area contributed by atoms with Crippen molar-refractivity contribution in [1.82, 2.24) is 4.98 Å². The Morgan fingerprint density at radius 3 is 3.07 bits per heavy atom. The molecule has 4 heteroatoms. The summed E-state index contributed by atoms with van der Waals surface area (Å²) >= 11 is 3.41. The molecular weight excluding hydrogens is 258 g/mol. The first kappa shape index (κ1) is 10.2. The lowest BCUT2D eigenvalue weighted by Gasteiger charge is -2.02. The van der Waals surface area contributed by atoms with Gasteiger partial charge in [-0.05, 0) is 28.9 Å². The summed E-state index contributed by atoms with van der Waals surface area (Å²) in [6, 6.07) is 5.54. The van der Waals surface area contributed by atoms with Crippen LogP contribution in [0.2, 0.25) is 0 Å². The number of halogens is 1. The van der Waals surface area contributed by atoms with Gasteiger partial charge in [-0.3, -0.25) is 0 Å². The highest BCUT2D eigenvalue weighted by molar-refractivity contribution is 9.10. The second-order valence-electron chi connectivity index (χ2n) is 3.09. The van der Waals surface area contributed by atoms with Gasteiger partial charge in [0.2, 0.25) is 0 Å². The Hall–Kier alpha value is -1.29. The average molecular weight is 268 g/mol. The third kappa shape index (κ3) is 1.77. The molecule has 3 nitrogen and oxygen atoms in total. The largest absolute Gasteiger partial charge is 0.462 e. The molecule has 1 N–H and O–H groups in total. The van der Waals surface area contributed by atoms with E-state index in [9.17, 15) is 4.79 Å². The maximum atomic E-state index is 11.6. The zero-order valence-corrected chi connectivity index (χ0v) is 9.80. The van der Waals surface area contributed by atoms with Crippen LogP contribution in [0.4, 0.5) is 0 Å². The van der Waals surface area contributed by atoms with E-state index in [4.69, 9.17) is 4.74 Å². The first-order valence-electron chi connectivity index (χ1n) is 4.66. The maximum absolute atomic E-state index is 11.6. The van der Waals surface area contributed by atoms with E-state index in [1.807, 2.05) is 18.3 Å². The average Bonchev–Trinajstić information content (AvgIpc) is 2.61. The number of rotatable bonds is 2. The second kappa shape index (κ2) is 4.06. The van der Waals surface area contributed by atoms with E-state index in [0.29, 0.717) is 12.2 Å². The van der Waals surface area contributed by atoms with Crippen molar-refractivity contribution in [3.63, 3.8) is 0 Å². The van der Waals surface area contributed by atoms with Crippen molar-refractivity contribution in [2.24, 2.45) is 0 Å². The first-order valence-corrected chi connectivity index (χ1v) is 5.46. The minimum atomic E-state index is -0.294. The molecular formula is C11H10BrNO2. The van der Waals surface area contributed by atoms with Gasteiger partial charge in [-0.2, -0.15) is 0 Å². The van der Waals surface area contributed by atoms with Crippen molar-refractivity contribution in [1.29, 1.82) is 0 Å². The van der Waals surface area contributed by atoms with Crippen LogP contribution >= 0.6 is 15.9 Å². The van der Waals surface area contributed by atoms with Crippen LogP contribution in [0.3, 0.4) is 0 Å². The van der Waals surface area contributed by atoms with Crippen LogP contribution in [0.15, 0.2) is 28.9 Å². The number of para-hydroxylation sites is 1. The summed E-state index contributed by atoms with van der Waals surface area (Å²) in [6.45, 7) is 2.18. The number of hydrogen-bond donors (Lipinski definition) is 1. The number of ether oxygens (including phenoxy) is 1. The Labute approximate surface area is 95.6 Å². The van der Waals surface area contributed by atoms with E-state index in [1.54, 1.807) is 13.0 Å². The van der Waals surface area contributed by atoms with Crippen LogP contribution in [-0.2, 0) is 4.74 Å². The predicted octanol–water partition coefficient (Wildman–Crippen LogP) is 3.11.